The number of urea groups is 6. The van der Waals surface area contributed by atoms with Crippen LogP contribution in [0.15, 0.2) is 0 Å². The van der Waals surface area contributed by atoms with Crippen LogP contribution in [-0.2, 0) is 18.6 Å². The van der Waals surface area contributed by atoms with Crippen molar-refractivity contribution < 1.29 is 47.3 Å². The van der Waals surface area contributed by atoms with Crippen LogP contribution in [0.5, 0.6) is 0 Å². The molecule has 0 fully saturated rings. The largest absolute Gasteiger partial charge is 0.492 e. The van der Waals surface area contributed by atoms with E-state index in [1.165, 1.54) is 0 Å². The Morgan fingerprint density at radius 1 is 0.280 bits per heavy atom. The van der Waals surface area contributed by atoms with Crippen LogP contribution in [0.2, 0.25) is 0 Å². The van der Waals surface area contributed by atoms with Gasteiger partial charge in [-0.3, -0.25) is 0 Å². The summed E-state index contributed by atoms with van der Waals surface area (Å²) in [5, 5.41) is 0. The number of hydrogen-bond acceptors (Lipinski definition) is 0. The van der Waals surface area contributed by atoms with E-state index >= 15 is 0 Å². The molecule has 0 bridgehead atoms. The first kappa shape index (κ1) is 42.9. The second-order valence-corrected chi connectivity index (χ2v) is 2.55. The van der Waals surface area contributed by atoms with E-state index in [4.69, 9.17) is 28.8 Å². The average Bonchev–Trinajstić information content (AvgIpc) is 2.08. The minimum Gasteiger partial charge on any atom is -0.303 e. The fraction of sp³-hybridized carbons (Fsp3) is 0. The average molecular weight is 417 g/mol. The predicted molar refractivity (Wildman–Crippen MR) is 91.9 cm³/mol. The Bertz CT molecular complexity index is 273. The zero-order valence-corrected chi connectivity index (χ0v) is 14.5. The molecule has 0 spiro atoms. The first-order valence-corrected chi connectivity index (χ1v) is 4.81. The van der Waals surface area contributed by atoms with Gasteiger partial charge in [0.25, 0.3) is 0 Å². The van der Waals surface area contributed by atoms with Gasteiger partial charge in [-0.15, -0.1) is 0 Å². The summed E-state index contributed by atoms with van der Waals surface area (Å²) < 4.78 is 0. The first-order valence-electron chi connectivity index (χ1n) is 4.81. The Morgan fingerprint density at radius 2 is 0.280 bits per heavy atom. The molecule has 0 heterocycles. The standard InChI is InChI=1S/6CH4N2O.V/c6*2-1(3)4;/h6*(H4,2,3,4);/p+6. The molecule has 0 aliphatic rings. The van der Waals surface area contributed by atoms with Crippen LogP contribution < -0.4 is 68.8 Å². The van der Waals surface area contributed by atoms with Crippen LogP contribution >= 0.6 is 0 Å². The number of carbonyl (C=O) groups excluding carboxylic acids is 6. The second-order valence-electron chi connectivity index (χ2n) is 2.55. The molecule has 0 saturated carbocycles. The molecule has 30 N–H and O–H groups in total. The Morgan fingerprint density at radius 3 is 0.280 bits per heavy atom. The molecule has 0 aromatic rings. The molecule has 0 saturated heterocycles. The third-order valence-corrected chi connectivity index (χ3v) is 0. The Hall–Kier alpha value is -3.80. The van der Waals surface area contributed by atoms with Gasteiger partial charge in [-0.2, -0.15) is 0 Å². The maximum atomic E-state index is 7.53. The predicted octanol–water partition coefficient (Wildman–Crippen LogP) is -9.82. The smallest absolute Gasteiger partial charge is 0.303 e. The number of rotatable bonds is 0. The summed E-state index contributed by atoms with van der Waals surface area (Å²) in [6.07, 6.45) is 0. The van der Waals surface area contributed by atoms with Crippen molar-refractivity contribution in [2.75, 3.05) is 0 Å². The molecule has 12 amide bonds. The molecule has 18 nitrogen and oxygen atoms in total. The van der Waals surface area contributed by atoms with Crippen molar-refractivity contribution in [3.8, 4) is 0 Å². The van der Waals surface area contributed by atoms with E-state index in [-0.39, 0.29) is 18.6 Å². The normalized spacial score (nSPS) is 5.76. The summed E-state index contributed by atoms with van der Waals surface area (Å²) in [6.45, 7) is 0. The monoisotopic (exact) mass is 417 g/mol. The summed E-state index contributed by atoms with van der Waals surface area (Å²) >= 11 is 0. The topological polar surface area (TPSA) is 441 Å². The van der Waals surface area contributed by atoms with Crippen molar-refractivity contribution >= 4 is 36.2 Å². The molecular weight excluding hydrogens is 387 g/mol. The van der Waals surface area contributed by atoms with Gasteiger partial charge in [0, 0.05) is 18.6 Å². The number of nitrogens with two attached hydrogens (primary N) is 12. The van der Waals surface area contributed by atoms with Crippen molar-refractivity contribution in [3.05, 3.63) is 0 Å². The maximum absolute atomic E-state index is 7.53. The van der Waals surface area contributed by atoms with Gasteiger partial charge >= 0.3 is 36.2 Å². The molecule has 0 aliphatic heterocycles. The van der Waals surface area contributed by atoms with Crippen molar-refractivity contribution in [2.45, 2.75) is 0 Å². The second kappa shape index (κ2) is 36.9. The van der Waals surface area contributed by atoms with Crippen molar-refractivity contribution in [2.24, 2.45) is 68.8 Å². The molecule has 0 atom stereocenters. The van der Waals surface area contributed by atoms with Gasteiger partial charge in [-0.1, -0.05) is 0 Å². The zero-order chi connectivity index (χ0) is 21.5. The number of hydrogen-bond donors (Lipinski definition) is 12. The molecule has 0 aromatic heterocycles. The SMILES string of the molecule is NC(N)=[OH+].NC(N)=[OH+].NC(N)=[OH+].NC(N)=[OH+].NC(N)=[OH+].NC(N)=[OH+].[V]. The molecule has 0 unspecified atom stereocenters. The Balaban J connectivity index is -0.0000000309. The van der Waals surface area contributed by atoms with Crippen molar-refractivity contribution in [1.82, 2.24) is 0 Å². The van der Waals surface area contributed by atoms with Crippen LogP contribution in [-0.4, -0.2) is 65.0 Å². The minimum atomic E-state index is -0.583. The summed E-state index contributed by atoms with van der Waals surface area (Å²) in [5.74, 6) is 0. The third-order valence-electron chi connectivity index (χ3n) is 0. The number of amides is 12. The van der Waals surface area contributed by atoms with Crippen molar-refractivity contribution in [1.29, 1.82) is 0 Å². The minimum absolute atomic E-state index is 0. The molecule has 0 aromatic carbocycles. The van der Waals surface area contributed by atoms with Crippen LogP contribution in [0.25, 0.3) is 0 Å². The van der Waals surface area contributed by atoms with Gasteiger partial charge in [0.15, 0.2) is 0 Å². The summed E-state index contributed by atoms with van der Waals surface area (Å²) in [4.78, 5) is 45.2. The molecule has 19 heteroatoms. The maximum Gasteiger partial charge on any atom is 0.492 e. The van der Waals surface area contributed by atoms with E-state index in [9.17, 15) is 0 Å². The Kier molecular flexibility index (Phi) is 63.4. The van der Waals surface area contributed by atoms with E-state index in [0.717, 1.165) is 0 Å². The summed E-state index contributed by atoms with van der Waals surface area (Å²) in [7, 11) is 0. The van der Waals surface area contributed by atoms with Crippen molar-refractivity contribution in [3.63, 3.8) is 0 Å². The van der Waals surface area contributed by atoms with E-state index in [1.807, 2.05) is 0 Å². The third kappa shape index (κ3) is 465. The van der Waals surface area contributed by atoms with Crippen LogP contribution in [0.3, 0.4) is 0 Å². The fourth-order valence-electron chi connectivity index (χ4n) is 0. The fourth-order valence-corrected chi connectivity index (χ4v) is 0. The van der Waals surface area contributed by atoms with Gasteiger partial charge in [0.05, 0.1) is 0 Å². The number of primary amides is 12. The first-order chi connectivity index (χ1) is 10.4. The van der Waals surface area contributed by atoms with E-state index < -0.39 is 36.2 Å². The van der Waals surface area contributed by atoms with Gasteiger partial charge < -0.3 is 68.8 Å². The molecule has 1 radical (unpaired) electrons. The summed E-state index contributed by atoms with van der Waals surface area (Å²) in [5.41, 5.74) is 52.3. The van der Waals surface area contributed by atoms with Gasteiger partial charge in [-0.05, 0) is 0 Å². The van der Waals surface area contributed by atoms with Gasteiger partial charge in [-0.25, -0.2) is 28.8 Å². The molecule has 0 rings (SSSR count). The van der Waals surface area contributed by atoms with Crippen LogP contribution in [0, 0.1) is 0 Å². The molecule has 149 valence electrons. The van der Waals surface area contributed by atoms with E-state index in [1.54, 1.807) is 0 Å². The Labute approximate surface area is 153 Å². The van der Waals surface area contributed by atoms with Crippen LogP contribution in [0.1, 0.15) is 0 Å². The van der Waals surface area contributed by atoms with Crippen LogP contribution in [0.4, 0.5) is 0 Å². The van der Waals surface area contributed by atoms with E-state index in [2.05, 4.69) is 68.8 Å². The molecule has 25 heavy (non-hydrogen) atoms. The molecular formula is C6H30N12O6V+6. The molecule has 0 aliphatic carbocycles. The van der Waals surface area contributed by atoms with E-state index in [0.29, 0.717) is 0 Å². The summed E-state index contributed by atoms with van der Waals surface area (Å²) in [6, 6.07) is -3.50. The van der Waals surface area contributed by atoms with Gasteiger partial charge in [0.2, 0.25) is 0 Å². The quantitative estimate of drug-likeness (QED) is 0.163. The van der Waals surface area contributed by atoms with Gasteiger partial charge in [0.1, 0.15) is 0 Å². The zero-order valence-electron chi connectivity index (χ0n) is 13.1.